The van der Waals surface area contributed by atoms with Crippen LogP contribution in [0.1, 0.15) is 62.3 Å². The van der Waals surface area contributed by atoms with E-state index in [1.165, 1.54) is 6.07 Å². The fourth-order valence-corrected chi connectivity index (χ4v) is 5.06. The van der Waals surface area contributed by atoms with Gasteiger partial charge in [0.25, 0.3) is 11.1 Å². The van der Waals surface area contributed by atoms with Crippen molar-refractivity contribution in [1.29, 1.82) is 0 Å². The number of aromatic nitrogens is 4. The second kappa shape index (κ2) is 7.80. The Labute approximate surface area is 175 Å². The van der Waals surface area contributed by atoms with Gasteiger partial charge in [-0.1, -0.05) is 25.0 Å². The van der Waals surface area contributed by atoms with Crippen molar-refractivity contribution in [1.82, 2.24) is 24.0 Å². The molecule has 1 aromatic carbocycles. The molecule has 2 aromatic heterocycles. The van der Waals surface area contributed by atoms with E-state index in [9.17, 15) is 9.59 Å². The summed E-state index contributed by atoms with van der Waals surface area (Å²) in [6.07, 6.45) is 7.97. The Bertz CT molecular complexity index is 1190. The molecular formula is C23H27N5O2. The minimum atomic E-state index is -0.0533. The lowest BCUT2D eigenvalue weighted by Gasteiger charge is -2.28. The Morgan fingerprint density at radius 1 is 1.03 bits per heavy atom. The highest BCUT2D eigenvalue weighted by Crippen LogP contribution is 2.36. The molecule has 0 amide bonds. The van der Waals surface area contributed by atoms with Gasteiger partial charge in [-0.3, -0.25) is 23.6 Å². The van der Waals surface area contributed by atoms with Gasteiger partial charge in [0.1, 0.15) is 11.6 Å². The fourth-order valence-electron chi connectivity index (χ4n) is 5.06. The van der Waals surface area contributed by atoms with Gasteiger partial charge in [-0.2, -0.15) is 0 Å². The van der Waals surface area contributed by atoms with Gasteiger partial charge >= 0.3 is 0 Å². The molecule has 5 rings (SSSR count). The normalized spacial score (nSPS) is 20.4. The second-order valence-corrected chi connectivity index (χ2v) is 8.49. The van der Waals surface area contributed by atoms with E-state index in [1.54, 1.807) is 17.8 Å². The van der Waals surface area contributed by atoms with Crippen LogP contribution in [0.25, 0.3) is 10.9 Å². The Kier molecular flexibility index (Phi) is 4.98. The van der Waals surface area contributed by atoms with Gasteiger partial charge in [0.2, 0.25) is 0 Å². The summed E-state index contributed by atoms with van der Waals surface area (Å²) < 4.78 is 3.60. The van der Waals surface area contributed by atoms with E-state index in [2.05, 4.69) is 9.88 Å². The predicted molar refractivity (Wildman–Crippen MR) is 115 cm³/mol. The summed E-state index contributed by atoms with van der Waals surface area (Å²) in [6.45, 7) is 1.48. The first-order valence-corrected chi connectivity index (χ1v) is 10.9. The second-order valence-electron chi connectivity index (χ2n) is 8.49. The standard InChI is InChI=1S/C23H27N5O2/c1-26-20(24-13-12-21(26)29)15-27-14-6-11-19(27)22-25-18-10-5-4-9-17(18)23(30)28(22)16-7-2-3-8-16/h4-5,9-10,12-13,16,19H,2-3,6-8,11,14-15H2,1H3. The number of para-hydroxylation sites is 1. The molecule has 1 unspecified atom stereocenters. The predicted octanol–water partition coefficient (Wildman–Crippen LogP) is 2.94. The lowest BCUT2D eigenvalue weighted by molar-refractivity contribution is 0.220. The van der Waals surface area contributed by atoms with Crippen LogP contribution < -0.4 is 11.1 Å². The van der Waals surface area contributed by atoms with Crippen LogP contribution >= 0.6 is 0 Å². The first-order chi connectivity index (χ1) is 14.6. The van der Waals surface area contributed by atoms with Crippen molar-refractivity contribution in [3.63, 3.8) is 0 Å². The van der Waals surface area contributed by atoms with Crippen LogP contribution in [-0.4, -0.2) is 30.5 Å². The van der Waals surface area contributed by atoms with E-state index in [4.69, 9.17) is 4.98 Å². The molecule has 1 saturated carbocycles. The molecule has 1 saturated heterocycles. The molecule has 7 nitrogen and oxygen atoms in total. The molecule has 0 bridgehead atoms. The van der Waals surface area contributed by atoms with Gasteiger partial charge in [0.15, 0.2) is 0 Å². The number of nitrogens with zero attached hydrogens (tertiary/aromatic N) is 5. The molecule has 7 heteroatoms. The van der Waals surface area contributed by atoms with E-state index in [0.29, 0.717) is 11.9 Å². The smallest absolute Gasteiger partial charge is 0.261 e. The third-order valence-electron chi connectivity index (χ3n) is 6.69. The average molecular weight is 406 g/mol. The molecule has 2 fully saturated rings. The maximum atomic E-state index is 13.5. The summed E-state index contributed by atoms with van der Waals surface area (Å²) in [5.41, 5.74) is 0.797. The van der Waals surface area contributed by atoms with Crippen molar-refractivity contribution in [2.45, 2.75) is 57.2 Å². The molecule has 30 heavy (non-hydrogen) atoms. The highest BCUT2D eigenvalue weighted by molar-refractivity contribution is 5.77. The average Bonchev–Trinajstić information content (AvgIpc) is 3.43. The van der Waals surface area contributed by atoms with E-state index < -0.39 is 0 Å². The Morgan fingerprint density at radius 3 is 2.67 bits per heavy atom. The van der Waals surface area contributed by atoms with Crippen molar-refractivity contribution < 1.29 is 0 Å². The van der Waals surface area contributed by atoms with Crippen LogP contribution in [0.3, 0.4) is 0 Å². The molecule has 0 spiro atoms. The van der Waals surface area contributed by atoms with Crippen LogP contribution in [0.15, 0.2) is 46.1 Å². The third-order valence-corrected chi connectivity index (χ3v) is 6.69. The topological polar surface area (TPSA) is 73.0 Å². The summed E-state index contributed by atoms with van der Waals surface area (Å²) in [7, 11) is 1.76. The lowest BCUT2D eigenvalue weighted by Crippen LogP contribution is -2.35. The number of likely N-dealkylation sites (tertiary alicyclic amines) is 1. The highest BCUT2D eigenvalue weighted by atomic mass is 16.1. The van der Waals surface area contributed by atoms with Crippen molar-refractivity contribution >= 4 is 10.9 Å². The van der Waals surface area contributed by atoms with Gasteiger partial charge in [0, 0.05) is 25.4 Å². The van der Waals surface area contributed by atoms with Crippen molar-refractivity contribution in [2.24, 2.45) is 7.05 Å². The van der Waals surface area contributed by atoms with Crippen LogP contribution in [0, 0.1) is 0 Å². The molecular weight excluding hydrogens is 378 g/mol. The lowest BCUT2D eigenvalue weighted by atomic mass is 10.1. The number of rotatable bonds is 4. The van der Waals surface area contributed by atoms with Crippen molar-refractivity contribution in [2.75, 3.05) is 6.54 Å². The molecule has 3 aromatic rings. The van der Waals surface area contributed by atoms with E-state index in [-0.39, 0.29) is 23.2 Å². The summed E-state index contributed by atoms with van der Waals surface area (Å²) in [6, 6.07) is 9.43. The monoisotopic (exact) mass is 405 g/mol. The molecule has 156 valence electrons. The highest BCUT2D eigenvalue weighted by Gasteiger charge is 2.33. The zero-order valence-corrected chi connectivity index (χ0v) is 17.3. The van der Waals surface area contributed by atoms with Crippen LogP contribution in [-0.2, 0) is 13.6 Å². The van der Waals surface area contributed by atoms with E-state index >= 15 is 0 Å². The zero-order valence-electron chi connectivity index (χ0n) is 17.3. The van der Waals surface area contributed by atoms with Gasteiger partial charge < -0.3 is 0 Å². The van der Waals surface area contributed by atoms with Crippen LogP contribution in [0.4, 0.5) is 0 Å². The van der Waals surface area contributed by atoms with Crippen LogP contribution in [0.5, 0.6) is 0 Å². The molecule has 0 radical (unpaired) electrons. The van der Waals surface area contributed by atoms with Crippen molar-refractivity contribution in [3.05, 3.63) is 68.9 Å². The number of fused-ring (bicyclic) bond motifs is 1. The van der Waals surface area contributed by atoms with E-state index in [1.807, 2.05) is 28.8 Å². The van der Waals surface area contributed by atoms with Gasteiger partial charge in [0.05, 0.1) is 23.5 Å². The van der Waals surface area contributed by atoms with Gasteiger partial charge in [-0.15, -0.1) is 0 Å². The van der Waals surface area contributed by atoms with E-state index in [0.717, 1.165) is 62.2 Å². The molecule has 1 aliphatic heterocycles. The number of hydrogen-bond donors (Lipinski definition) is 0. The Hall–Kier alpha value is -2.80. The minimum Gasteiger partial charge on any atom is -0.299 e. The third kappa shape index (κ3) is 3.27. The first kappa shape index (κ1) is 19.2. The molecule has 0 N–H and O–H groups in total. The number of benzene rings is 1. The Morgan fingerprint density at radius 2 is 1.83 bits per heavy atom. The first-order valence-electron chi connectivity index (χ1n) is 10.9. The Balaban J connectivity index is 1.60. The summed E-state index contributed by atoms with van der Waals surface area (Å²) in [5.74, 6) is 1.62. The van der Waals surface area contributed by atoms with Gasteiger partial charge in [-0.05, 0) is 44.4 Å². The van der Waals surface area contributed by atoms with Crippen LogP contribution in [0.2, 0.25) is 0 Å². The summed E-state index contributed by atoms with van der Waals surface area (Å²) in [5, 5.41) is 0.699. The molecule has 2 aliphatic rings. The molecule has 3 heterocycles. The minimum absolute atomic E-state index is 0.0533. The zero-order chi connectivity index (χ0) is 20.7. The maximum absolute atomic E-state index is 13.5. The largest absolute Gasteiger partial charge is 0.299 e. The fraction of sp³-hybridized carbons (Fsp3) is 0.478. The quantitative estimate of drug-likeness (QED) is 0.667. The summed E-state index contributed by atoms with van der Waals surface area (Å²) >= 11 is 0. The molecule has 1 atom stereocenters. The molecule has 1 aliphatic carbocycles. The number of hydrogen-bond acceptors (Lipinski definition) is 5. The maximum Gasteiger partial charge on any atom is 0.261 e. The summed E-state index contributed by atoms with van der Waals surface area (Å²) in [4.78, 5) is 37.3. The van der Waals surface area contributed by atoms with Crippen molar-refractivity contribution in [3.8, 4) is 0 Å². The SMILES string of the molecule is Cn1c(CN2CCCC2c2nc3ccccc3c(=O)n2C2CCCC2)nccc1=O. The van der Waals surface area contributed by atoms with Gasteiger partial charge in [-0.25, -0.2) is 9.97 Å².